The highest BCUT2D eigenvalue weighted by atomic mass is 31.2. The number of nitrogen functional groups attached to an aromatic ring is 1. The summed E-state index contributed by atoms with van der Waals surface area (Å²) >= 11 is 0. The molecule has 0 amide bonds. The van der Waals surface area contributed by atoms with Crippen LogP contribution < -0.4 is 5.73 Å². The molecule has 2 aromatic heterocycles. The molecule has 2 rings (SSSR count). The number of hydrogen-bond donors (Lipinski definition) is 2. The smallest absolute Gasteiger partial charge is 0.329 e. The zero-order chi connectivity index (χ0) is 28.7. The zero-order valence-electron chi connectivity index (χ0n) is 25.4. The van der Waals surface area contributed by atoms with Crippen LogP contribution in [0.15, 0.2) is 18.5 Å². The van der Waals surface area contributed by atoms with Gasteiger partial charge in [0, 0.05) is 12.8 Å². The van der Waals surface area contributed by atoms with Crippen LogP contribution in [-0.2, 0) is 20.2 Å². The Bertz CT molecular complexity index is 869. The van der Waals surface area contributed by atoms with Crippen LogP contribution in [0.2, 0.25) is 0 Å². The van der Waals surface area contributed by atoms with E-state index in [0.29, 0.717) is 12.4 Å². The van der Waals surface area contributed by atoms with Crippen molar-refractivity contribution >= 4 is 19.9 Å². The van der Waals surface area contributed by atoms with E-state index in [2.05, 4.69) is 17.0 Å². The van der Waals surface area contributed by atoms with Crippen LogP contribution in [0.1, 0.15) is 135 Å². The molecule has 0 aliphatic heterocycles. The molecule has 0 aromatic carbocycles. The number of unbranched alkanes of at least 4 members (excludes halogenated alkanes) is 17. The fraction of sp³-hybridized carbons (Fsp3) is 0.806. The first kappa shape index (κ1) is 34.9. The Morgan fingerprint density at radius 2 is 1.38 bits per heavy atom. The van der Waals surface area contributed by atoms with Gasteiger partial charge in [-0.05, 0) is 31.4 Å². The lowest BCUT2D eigenvalue weighted by Crippen LogP contribution is -2.18. The Balaban J connectivity index is 1.35. The van der Waals surface area contributed by atoms with E-state index in [1.807, 2.05) is 12.1 Å². The summed E-state index contributed by atoms with van der Waals surface area (Å²) in [5.41, 5.74) is 7.73. The second-order valence-electron chi connectivity index (χ2n) is 11.0. The van der Waals surface area contributed by atoms with Crippen molar-refractivity contribution in [2.45, 2.75) is 141 Å². The maximum Gasteiger partial charge on any atom is 0.329 e. The van der Waals surface area contributed by atoms with E-state index in [9.17, 15) is 4.89 Å². The zero-order valence-corrected chi connectivity index (χ0v) is 26.3. The fourth-order valence-electron chi connectivity index (χ4n) is 5.10. The van der Waals surface area contributed by atoms with Crippen LogP contribution in [0, 0.1) is 0 Å². The van der Waals surface area contributed by atoms with Crippen LogP contribution in [0.3, 0.4) is 0 Å². The van der Waals surface area contributed by atoms with Crippen LogP contribution in [0.4, 0.5) is 5.82 Å². The summed E-state index contributed by atoms with van der Waals surface area (Å²) in [4.78, 5) is 14.1. The second kappa shape index (κ2) is 23.3. The predicted octanol–water partition coefficient (Wildman–Crippen LogP) is 8.55. The van der Waals surface area contributed by atoms with Gasteiger partial charge < -0.3 is 24.4 Å². The number of aryl methyl sites for hydroxylation is 1. The molecule has 0 spiro atoms. The van der Waals surface area contributed by atoms with E-state index in [1.54, 1.807) is 11.6 Å². The van der Waals surface area contributed by atoms with Gasteiger partial charge in [0.05, 0.1) is 19.3 Å². The lowest BCUT2D eigenvalue weighted by Gasteiger charge is -2.17. The monoisotopic (exact) mass is 580 g/mol. The number of aromatic nitrogens is 3. The molecule has 230 valence electrons. The van der Waals surface area contributed by atoms with Gasteiger partial charge in [-0.1, -0.05) is 116 Å². The molecule has 0 saturated heterocycles. The minimum absolute atomic E-state index is 0.143. The number of rotatable bonds is 27. The van der Waals surface area contributed by atoms with Crippen LogP contribution in [-0.4, -0.2) is 45.9 Å². The van der Waals surface area contributed by atoms with E-state index in [0.717, 1.165) is 36.9 Å². The van der Waals surface area contributed by atoms with Crippen LogP contribution >= 0.6 is 8.60 Å². The number of anilines is 1. The van der Waals surface area contributed by atoms with Crippen LogP contribution in [0.5, 0.6) is 0 Å². The van der Waals surface area contributed by atoms with E-state index in [1.165, 1.54) is 109 Å². The molecule has 3 N–H and O–H groups in total. The average molecular weight is 581 g/mol. The largest absolute Gasteiger partial charge is 0.382 e. The molecule has 2 aromatic rings. The first-order valence-corrected chi connectivity index (χ1v) is 17.1. The molecule has 0 aliphatic rings. The Labute approximate surface area is 244 Å². The fourth-order valence-corrected chi connectivity index (χ4v) is 5.76. The summed E-state index contributed by atoms with van der Waals surface area (Å²) in [5.74, 6) is 0.464. The number of ether oxygens (including phenoxy) is 1. The van der Waals surface area contributed by atoms with Gasteiger partial charge >= 0.3 is 8.60 Å². The standard InChI is InChI=1S/C31H57N4O4P/c1-3-4-5-6-7-8-9-10-11-12-13-14-15-16-17-18-19-20-25-38-40(36)39-26-29(37-2)23-21-28-22-24-30-31(32)33-27-34-35(28)30/h22,24,27,29,36H,3-21,23,25-26H2,1-2H3,(H2,32,33,34). The van der Waals surface area contributed by atoms with Gasteiger partial charge in [-0.25, -0.2) is 9.50 Å². The Hall–Kier alpha value is -1.31. The Morgan fingerprint density at radius 1 is 0.825 bits per heavy atom. The molecule has 0 radical (unpaired) electrons. The molecule has 2 atom stereocenters. The van der Waals surface area contributed by atoms with Crippen molar-refractivity contribution < 1.29 is 18.7 Å². The number of nitrogens with two attached hydrogens (primary N) is 1. The molecule has 0 bridgehead atoms. The van der Waals surface area contributed by atoms with Crippen molar-refractivity contribution in [3.05, 3.63) is 24.2 Å². The highest BCUT2D eigenvalue weighted by Crippen LogP contribution is 2.33. The quantitative estimate of drug-likeness (QED) is 0.0806. The minimum atomic E-state index is -1.87. The van der Waals surface area contributed by atoms with E-state index < -0.39 is 8.60 Å². The number of nitrogens with zero attached hydrogens (tertiary/aromatic N) is 3. The number of hydrogen-bond acceptors (Lipinski definition) is 7. The normalized spacial score (nSPS) is 13.3. The van der Waals surface area contributed by atoms with Gasteiger partial charge in [-0.2, -0.15) is 5.10 Å². The molecular formula is C31H57N4O4P. The Morgan fingerprint density at radius 3 is 1.93 bits per heavy atom. The van der Waals surface area contributed by atoms with Crippen molar-refractivity contribution in [2.24, 2.45) is 0 Å². The summed E-state index contributed by atoms with van der Waals surface area (Å²) in [7, 11) is -0.219. The molecule has 40 heavy (non-hydrogen) atoms. The third-order valence-corrected chi connectivity index (χ3v) is 8.46. The maximum absolute atomic E-state index is 10.1. The lowest BCUT2D eigenvalue weighted by atomic mass is 10.0. The third kappa shape index (κ3) is 15.6. The average Bonchev–Trinajstić information content (AvgIpc) is 3.38. The van der Waals surface area contributed by atoms with Crippen LogP contribution in [0.25, 0.3) is 5.52 Å². The van der Waals surface area contributed by atoms with Crippen molar-refractivity contribution in [2.75, 3.05) is 26.1 Å². The molecule has 8 nitrogen and oxygen atoms in total. The van der Waals surface area contributed by atoms with Gasteiger partial charge in [0.25, 0.3) is 0 Å². The molecule has 0 fully saturated rings. The Kier molecular flexibility index (Phi) is 20.3. The summed E-state index contributed by atoms with van der Waals surface area (Å²) in [6.07, 6.45) is 27.2. The van der Waals surface area contributed by atoms with Crippen molar-refractivity contribution in [1.29, 1.82) is 0 Å². The van der Waals surface area contributed by atoms with E-state index >= 15 is 0 Å². The second-order valence-corrected chi connectivity index (χ2v) is 12.0. The minimum Gasteiger partial charge on any atom is -0.382 e. The first-order valence-electron chi connectivity index (χ1n) is 16.0. The molecule has 0 aliphatic carbocycles. The molecule has 2 unspecified atom stereocenters. The van der Waals surface area contributed by atoms with E-state index in [-0.39, 0.29) is 12.7 Å². The maximum atomic E-state index is 10.1. The number of fused-ring (bicyclic) bond motifs is 1. The predicted molar refractivity (Wildman–Crippen MR) is 166 cm³/mol. The van der Waals surface area contributed by atoms with Gasteiger partial charge in [0.1, 0.15) is 11.8 Å². The summed E-state index contributed by atoms with van der Waals surface area (Å²) in [5, 5.41) is 4.27. The topological polar surface area (TPSA) is 104 Å². The molecule has 0 saturated carbocycles. The molecular weight excluding hydrogens is 523 g/mol. The lowest BCUT2D eigenvalue weighted by molar-refractivity contribution is 0.0440. The SMILES string of the molecule is CCCCCCCCCCCCCCCCCCCCOP(O)OCC(CCc1ccc2c(N)ncnn12)OC. The van der Waals surface area contributed by atoms with Gasteiger partial charge in [0.2, 0.25) is 0 Å². The molecule has 9 heteroatoms. The number of methoxy groups -OCH3 is 1. The third-order valence-electron chi connectivity index (χ3n) is 7.69. The summed E-state index contributed by atoms with van der Waals surface area (Å²) in [6, 6.07) is 3.92. The van der Waals surface area contributed by atoms with Crippen molar-refractivity contribution in [3.63, 3.8) is 0 Å². The first-order chi connectivity index (χ1) is 19.7. The van der Waals surface area contributed by atoms with Gasteiger partial charge in [-0.3, -0.25) is 0 Å². The van der Waals surface area contributed by atoms with Crippen molar-refractivity contribution in [3.8, 4) is 0 Å². The summed E-state index contributed by atoms with van der Waals surface area (Å²) < 4.78 is 18.4. The van der Waals surface area contributed by atoms with Gasteiger partial charge in [-0.15, -0.1) is 0 Å². The van der Waals surface area contributed by atoms with Crippen molar-refractivity contribution in [1.82, 2.24) is 14.6 Å². The van der Waals surface area contributed by atoms with E-state index in [4.69, 9.17) is 19.5 Å². The highest BCUT2D eigenvalue weighted by Gasteiger charge is 2.15. The highest BCUT2D eigenvalue weighted by molar-refractivity contribution is 7.40. The summed E-state index contributed by atoms with van der Waals surface area (Å²) in [6.45, 7) is 3.11. The molecule has 2 heterocycles. The van der Waals surface area contributed by atoms with Gasteiger partial charge in [0.15, 0.2) is 5.82 Å².